The molecule has 9 heteroatoms. The van der Waals surface area contributed by atoms with Crippen molar-refractivity contribution in [1.29, 1.82) is 0 Å². The van der Waals surface area contributed by atoms with Gasteiger partial charge in [-0.05, 0) is 23.8 Å². The molecule has 0 spiro atoms. The summed E-state index contributed by atoms with van der Waals surface area (Å²) in [6.45, 7) is 0.0930. The molecule has 0 atom stereocenters. The van der Waals surface area contributed by atoms with E-state index in [-0.39, 0.29) is 29.1 Å². The van der Waals surface area contributed by atoms with Crippen molar-refractivity contribution in [2.24, 2.45) is 0 Å². The first-order valence-corrected chi connectivity index (χ1v) is 8.12. The van der Waals surface area contributed by atoms with E-state index in [0.717, 1.165) is 23.6 Å². The molecule has 0 aliphatic heterocycles. The normalized spacial score (nSPS) is 11.3. The van der Waals surface area contributed by atoms with Gasteiger partial charge >= 0.3 is 12.1 Å². The Labute approximate surface area is 158 Å². The van der Waals surface area contributed by atoms with Gasteiger partial charge in [0.2, 0.25) is 0 Å². The predicted octanol–water partition coefficient (Wildman–Crippen LogP) is 3.57. The van der Waals surface area contributed by atoms with E-state index < -0.39 is 17.7 Å². The quantitative estimate of drug-likeness (QED) is 0.531. The summed E-state index contributed by atoms with van der Waals surface area (Å²) in [5.41, 5.74) is 4.65. The number of carbonyl (C=O) groups is 1. The maximum Gasteiger partial charge on any atom is 0.417 e. The zero-order chi connectivity index (χ0) is 20.3. The molecule has 0 saturated heterocycles. The number of nitrogen functional groups attached to an aromatic ring is 1. The Balaban J connectivity index is 2.05. The molecule has 0 bridgehead atoms. The van der Waals surface area contributed by atoms with Gasteiger partial charge in [0.15, 0.2) is 0 Å². The zero-order valence-electron chi connectivity index (χ0n) is 14.7. The maximum absolute atomic E-state index is 13.6. The molecule has 0 amide bonds. The van der Waals surface area contributed by atoms with Crippen LogP contribution in [-0.2, 0) is 17.5 Å². The van der Waals surface area contributed by atoms with Crippen molar-refractivity contribution in [3.8, 4) is 11.3 Å². The summed E-state index contributed by atoms with van der Waals surface area (Å²) in [6.07, 6.45) is -3.40. The molecule has 0 saturated carbocycles. The highest BCUT2D eigenvalue weighted by atomic mass is 19.4. The van der Waals surface area contributed by atoms with Gasteiger partial charge in [0, 0.05) is 11.3 Å². The minimum Gasteiger partial charge on any atom is -0.465 e. The number of alkyl halides is 3. The number of hydrogen-bond donors (Lipinski definition) is 1. The lowest BCUT2D eigenvalue weighted by Gasteiger charge is -2.17. The van der Waals surface area contributed by atoms with Crippen LogP contribution < -0.4 is 10.6 Å². The van der Waals surface area contributed by atoms with E-state index in [9.17, 15) is 18.0 Å². The fraction of sp³-hybridized carbons (Fsp3) is 0.158. The molecule has 28 heavy (non-hydrogen) atoms. The van der Waals surface area contributed by atoms with Crippen molar-refractivity contribution in [3.63, 3.8) is 0 Å². The number of carbonyl (C=O) groups excluding carboxylic acids is 1. The molecule has 0 unspecified atom stereocenters. The van der Waals surface area contributed by atoms with Crippen molar-refractivity contribution in [2.75, 3.05) is 12.8 Å². The third-order valence-electron chi connectivity index (χ3n) is 3.98. The molecule has 146 valence electrons. The molecular formula is C19H16F3N3O3. The Hall–Kier alpha value is -3.49. The molecule has 1 heterocycles. The van der Waals surface area contributed by atoms with Gasteiger partial charge in [-0.25, -0.2) is 4.79 Å². The van der Waals surface area contributed by atoms with E-state index in [4.69, 9.17) is 10.6 Å². The number of aromatic nitrogens is 2. The number of rotatable bonds is 5. The predicted molar refractivity (Wildman–Crippen MR) is 95.1 cm³/mol. The summed E-state index contributed by atoms with van der Waals surface area (Å²) in [6, 6.07) is 12.2. The Morgan fingerprint density at radius 3 is 2.54 bits per heavy atom. The zero-order valence-corrected chi connectivity index (χ0v) is 14.7. The highest BCUT2D eigenvalue weighted by molar-refractivity contribution is 5.97. The standard InChI is InChI=1S/C19H16F3N3O3/c1-27-18(26)14-9-13(15(10-16(14)23)19(20,21)22)17-7-8-24-25(17)28-11-12-5-3-2-4-6-12/h2-10H,11,23H2,1H3. The summed E-state index contributed by atoms with van der Waals surface area (Å²) >= 11 is 0. The van der Waals surface area contributed by atoms with Crippen LogP contribution in [0.2, 0.25) is 0 Å². The van der Waals surface area contributed by atoms with Crippen molar-refractivity contribution in [2.45, 2.75) is 12.8 Å². The molecule has 3 aromatic rings. The number of benzene rings is 2. The van der Waals surface area contributed by atoms with Crippen LogP contribution in [0.3, 0.4) is 0 Å². The first-order valence-electron chi connectivity index (χ1n) is 8.12. The Kier molecular flexibility index (Phi) is 5.25. The SMILES string of the molecule is COC(=O)c1cc(-c2ccnn2OCc2ccccc2)c(C(F)(F)F)cc1N. The lowest BCUT2D eigenvalue weighted by molar-refractivity contribution is -0.137. The second kappa shape index (κ2) is 7.63. The van der Waals surface area contributed by atoms with Crippen LogP contribution in [0.5, 0.6) is 0 Å². The first kappa shape index (κ1) is 19.3. The number of halogens is 3. The van der Waals surface area contributed by atoms with E-state index in [1.54, 1.807) is 0 Å². The van der Waals surface area contributed by atoms with Crippen LogP contribution in [0.1, 0.15) is 21.5 Å². The van der Waals surface area contributed by atoms with Gasteiger partial charge in [0.1, 0.15) is 12.3 Å². The van der Waals surface area contributed by atoms with E-state index in [2.05, 4.69) is 9.84 Å². The summed E-state index contributed by atoms with van der Waals surface area (Å²) in [5.74, 6) is -0.844. The van der Waals surface area contributed by atoms with Crippen molar-refractivity contribution < 1.29 is 27.5 Å². The van der Waals surface area contributed by atoms with E-state index in [1.165, 1.54) is 12.3 Å². The first-order chi connectivity index (χ1) is 13.3. The van der Waals surface area contributed by atoms with Crippen LogP contribution in [0.15, 0.2) is 54.7 Å². The smallest absolute Gasteiger partial charge is 0.417 e. The molecule has 0 fully saturated rings. The van der Waals surface area contributed by atoms with Crippen LogP contribution in [0.4, 0.5) is 18.9 Å². The van der Waals surface area contributed by atoms with Crippen molar-refractivity contribution in [1.82, 2.24) is 9.94 Å². The van der Waals surface area contributed by atoms with Crippen LogP contribution in [0, 0.1) is 0 Å². The van der Waals surface area contributed by atoms with E-state index in [0.29, 0.717) is 6.07 Å². The third kappa shape index (κ3) is 3.93. The number of anilines is 1. The summed E-state index contributed by atoms with van der Waals surface area (Å²) in [5, 5.41) is 3.93. The van der Waals surface area contributed by atoms with Gasteiger partial charge in [0.25, 0.3) is 0 Å². The number of methoxy groups -OCH3 is 1. The summed E-state index contributed by atoms with van der Waals surface area (Å²) < 4.78 is 45.3. The monoisotopic (exact) mass is 391 g/mol. The van der Waals surface area contributed by atoms with Gasteiger partial charge in [-0.2, -0.15) is 13.2 Å². The second-order valence-electron chi connectivity index (χ2n) is 5.82. The Morgan fingerprint density at radius 2 is 1.89 bits per heavy atom. The average molecular weight is 391 g/mol. The van der Waals surface area contributed by atoms with Gasteiger partial charge in [-0.1, -0.05) is 35.2 Å². The molecule has 2 N–H and O–H groups in total. The summed E-state index contributed by atoms with van der Waals surface area (Å²) in [4.78, 5) is 18.4. The van der Waals surface area contributed by atoms with Crippen LogP contribution in [0.25, 0.3) is 11.3 Å². The van der Waals surface area contributed by atoms with Gasteiger partial charge in [-0.3, -0.25) is 0 Å². The lowest BCUT2D eigenvalue weighted by atomic mass is 9.99. The fourth-order valence-electron chi connectivity index (χ4n) is 2.65. The van der Waals surface area contributed by atoms with Crippen molar-refractivity contribution >= 4 is 11.7 Å². The number of esters is 1. The number of ether oxygens (including phenoxy) is 1. The minimum absolute atomic E-state index is 0.0217. The van der Waals surface area contributed by atoms with Gasteiger partial charge in [0.05, 0.1) is 24.4 Å². The Bertz CT molecular complexity index is 985. The van der Waals surface area contributed by atoms with Crippen LogP contribution >= 0.6 is 0 Å². The second-order valence-corrected chi connectivity index (χ2v) is 5.82. The molecule has 0 aliphatic rings. The highest BCUT2D eigenvalue weighted by Crippen LogP contribution is 2.39. The minimum atomic E-state index is -4.70. The van der Waals surface area contributed by atoms with Crippen LogP contribution in [-0.4, -0.2) is 23.0 Å². The molecule has 3 rings (SSSR count). The highest BCUT2D eigenvalue weighted by Gasteiger charge is 2.36. The molecule has 0 radical (unpaired) electrons. The largest absolute Gasteiger partial charge is 0.465 e. The topological polar surface area (TPSA) is 79.4 Å². The number of nitrogens with two attached hydrogens (primary N) is 1. The summed E-state index contributed by atoms with van der Waals surface area (Å²) in [7, 11) is 1.12. The number of hydrogen-bond acceptors (Lipinski definition) is 5. The fourth-order valence-corrected chi connectivity index (χ4v) is 2.65. The van der Waals surface area contributed by atoms with E-state index >= 15 is 0 Å². The van der Waals surface area contributed by atoms with Crippen molar-refractivity contribution in [3.05, 3.63) is 71.4 Å². The molecule has 2 aromatic carbocycles. The molecular weight excluding hydrogens is 375 g/mol. The van der Waals surface area contributed by atoms with E-state index in [1.807, 2.05) is 30.3 Å². The van der Waals surface area contributed by atoms with Gasteiger partial charge in [-0.15, -0.1) is 5.10 Å². The lowest BCUT2D eigenvalue weighted by Crippen LogP contribution is -2.17. The van der Waals surface area contributed by atoms with Gasteiger partial charge < -0.3 is 15.3 Å². The Morgan fingerprint density at radius 1 is 1.18 bits per heavy atom. The molecule has 1 aromatic heterocycles. The molecule has 6 nitrogen and oxygen atoms in total. The average Bonchev–Trinajstić information content (AvgIpc) is 3.14. The number of nitrogens with zero attached hydrogens (tertiary/aromatic N) is 2. The maximum atomic E-state index is 13.6. The molecule has 0 aliphatic carbocycles. The third-order valence-corrected chi connectivity index (χ3v) is 3.98.